The molecule has 3 aromatic carbocycles. The van der Waals surface area contributed by atoms with Crippen LogP contribution in [0.5, 0.6) is 0 Å². The summed E-state index contributed by atoms with van der Waals surface area (Å²) in [6.07, 6.45) is 4.38. The average molecular weight is 314 g/mol. The summed E-state index contributed by atoms with van der Waals surface area (Å²) in [6.45, 7) is 8.93. The quantitative estimate of drug-likeness (QED) is 0.445. The van der Waals surface area contributed by atoms with Gasteiger partial charge in [0.05, 0.1) is 0 Å². The van der Waals surface area contributed by atoms with Crippen molar-refractivity contribution in [2.24, 2.45) is 0 Å². The van der Waals surface area contributed by atoms with Gasteiger partial charge in [-0.15, -0.1) is 0 Å². The highest BCUT2D eigenvalue weighted by Crippen LogP contribution is 2.23. The molecule has 0 aliphatic rings. The van der Waals surface area contributed by atoms with Crippen molar-refractivity contribution in [2.45, 2.75) is 39.5 Å². The highest BCUT2D eigenvalue weighted by Gasteiger charge is 2.01. The normalized spacial score (nSPS) is 11.9. The molecule has 0 heteroatoms. The van der Waals surface area contributed by atoms with E-state index in [0.29, 0.717) is 11.8 Å². The molecular weight excluding hydrogens is 288 g/mol. The predicted octanol–water partition coefficient (Wildman–Crippen LogP) is 7.26. The zero-order valence-corrected chi connectivity index (χ0v) is 15.1. The standard InChI is InChI=1S/C24H26/c1-17(2)21-10-7-19(8-11-21)5-6-20-9-12-24-16-22(18(3)4)13-14-23(24)15-20/h5-18H,1-4H3. The highest BCUT2D eigenvalue weighted by molar-refractivity contribution is 5.86. The van der Waals surface area contributed by atoms with E-state index in [4.69, 9.17) is 0 Å². The first-order valence-corrected chi connectivity index (χ1v) is 8.84. The molecule has 0 heterocycles. The van der Waals surface area contributed by atoms with Crippen LogP contribution in [0, 0.1) is 0 Å². The van der Waals surface area contributed by atoms with Crippen LogP contribution < -0.4 is 0 Å². The van der Waals surface area contributed by atoms with Gasteiger partial charge in [-0.2, -0.15) is 0 Å². The van der Waals surface area contributed by atoms with Gasteiger partial charge in [0.25, 0.3) is 0 Å². The number of fused-ring (bicyclic) bond motifs is 1. The van der Waals surface area contributed by atoms with Gasteiger partial charge in [0.2, 0.25) is 0 Å². The van der Waals surface area contributed by atoms with Gasteiger partial charge in [0.1, 0.15) is 0 Å². The molecule has 0 aliphatic heterocycles. The van der Waals surface area contributed by atoms with Crippen LogP contribution in [0.25, 0.3) is 22.9 Å². The number of hydrogen-bond acceptors (Lipinski definition) is 0. The minimum atomic E-state index is 0.572. The van der Waals surface area contributed by atoms with Gasteiger partial charge < -0.3 is 0 Å². The minimum Gasteiger partial charge on any atom is -0.0587 e. The Labute approximate surface area is 145 Å². The van der Waals surface area contributed by atoms with Crippen molar-refractivity contribution in [2.75, 3.05) is 0 Å². The first-order chi connectivity index (χ1) is 11.5. The zero-order valence-electron chi connectivity index (χ0n) is 15.1. The summed E-state index contributed by atoms with van der Waals surface area (Å²) in [5.41, 5.74) is 5.28. The summed E-state index contributed by atoms with van der Waals surface area (Å²) >= 11 is 0. The van der Waals surface area contributed by atoms with Crippen LogP contribution in [0.1, 0.15) is 61.8 Å². The Balaban J connectivity index is 1.83. The monoisotopic (exact) mass is 314 g/mol. The van der Waals surface area contributed by atoms with Crippen molar-refractivity contribution in [3.8, 4) is 0 Å². The summed E-state index contributed by atoms with van der Waals surface area (Å²) in [5, 5.41) is 2.62. The Morgan fingerprint density at radius 2 is 1.04 bits per heavy atom. The molecule has 0 unspecified atom stereocenters. The second-order valence-electron chi connectivity index (χ2n) is 7.18. The first-order valence-electron chi connectivity index (χ1n) is 8.84. The molecule has 122 valence electrons. The molecule has 0 amide bonds. The van der Waals surface area contributed by atoms with E-state index >= 15 is 0 Å². The molecule has 24 heavy (non-hydrogen) atoms. The molecule has 0 fully saturated rings. The topological polar surface area (TPSA) is 0 Å². The van der Waals surface area contributed by atoms with E-state index in [9.17, 15) is 0 Å². The Kier molecular flexibility index (Phi) is 4.85. The lowest BCUT2D eigenvalue weighted by atomic mass is 9.98. The molecule has 0 saturated heterocycles. The summed E-state index contributed by atoms with van der Waals surface area (Å²) in [6, 6.07) is 22.3. The van der Waals surface area contributed by atoms with Crippen LogP contribution in [0.2, 0.25) is 0 Å². The molecule has 0 N–H and O–H groups in total. The van der Waals surface area contributed by atoms with Gasteiger partial charge in [-0.1, -0.05) is 94.4 Å². The van der Waals surface area contributed by atoms with Crippen LogP contribution in [0.3, 0.4) is 0 Å². The van der Waals surface area contributed by atoms with Crippen LogP contribution in [0.4, 0.5) is 0 Å². The van der Waals surface area contributed by atoms with Gasteiger partial charge in [0, 0.05) is 0 Å². The fourth-order valence-electron chi connectivity index (χ4n) is 2.93. The molecule has 0 spiro atoms. The third-order valence-corrected chi connectivity index (χ3v) is 4.63. The Morgan fingerprint density at radius 1 is 0.542 bits per heavy atom. The van der Waals surface area contributed by atoms with Crippen molar-refractivity contribution in [3.63, 3.8) is 0 Å². The van der Waals surface area contributed by atoms with Gasteiger partial charge >= 0.3 is 0 Å². The summed E-state index contributed by atoms with van der Waals surface area (Å²) in [4.78, 5) is 0. The highest BCUT2D eigenvalue weighted by atomic mass is 14.1. The largest absolute Gasteiger partial charge is 0.0587 e. The average Bonchev–Trinajstić information content (AvgIpc) is 2.59. The van der Waals surface area contributed by atoms with Gasteiger partial charge in [-0.3, -0.25) is 0 Å². The van der Waals surface area contributed by atoms with Gasteiger partial charge in [0.15, 0.2) is 0 Å². The fourth-order valence-corrected chi connectivity index (χ4v) is 2.93. The number of rotatable bonds is 4. The van der Waals surface area contributed by atoms with E-state index in [2.05, 4.69) is 101 Å². The zero-order chi connectivity index (χ0) is 17.1. The van der Waals surface area contributed by atoms with Gasteiger partial charge in [-0.05, 0) is 50.9 Å². The molecule has 0 nitrogen and oxygen atoms in total. The summed E-state index contributed by atoms with van der Waals surface area (Å²) < 4.78 is 0. The second-order valence-corrected chi connectivity index (χ2v) is 7.18. The maximum Gasteiger partial charge on any atom is -0.0178 e. The molecule has 0 atom stereocenters. The maximum atomic E-state index is 2.30. The third kappa shape index (κ3) is 3.76. The lowest BCUT2D eigenvalue weighted by molar-refractivity contribution is 0.866. The molecule has 0 radical (unpaired) electrons. The summed E-state index contributed by atoms with van der Waals surface area (Å²) in [7, 11) is 0. The third-order valence-electron chi connectivity index (χ3n) is 4.63. The summed E-state index contributed by atoms with van der Waals surface area (Å²) in [5.74, 6) is 1.15. The van der Waals surface area contributed by atoms with E-state index < -0.39 is 0 Å². The van der Waals surface area contributed by atoms with E-state index in [-0.39, 0.29) is 0 Å². The van der Waals surface area contributed by atoms with Crippen molar-refractivity contribution >= 4 is 22.9 Å². The van der Waals surface area contributed by atoms with E-state index in [1.165, 1.54) is 33.0 Å². The van der Waals surface area contributed by atoms with E-state index in [1.807, 2.05) is 0 Å². The number of hydrogen-bond donors (Lipinski definition) is 0. The maximum absolute atomic E-state index is 2.30. The first kappa shape index (κ1) is 16.5. The molecule has 0 aliphatic carbocycles. The van der Waals surface area contributed by atoms with E-state index in [1.54, 1.807) is 0 Å². The Hall–Kier alpha value is -2.34. The number of benzene rings is 3. The van der Waals surface area contributed by atoms with Crippen LogP contribution in [-0.4, -0.2) is 0 Å². The second kappa shape index (κ2) is 7.05. The Bertz CT molecular complexity index is 849. The molecule has 0 aromatic heterocycles. The fraction of sp³-hybridized carbons (Fsp3) is 0.250. The lowest BCUT2D eigenvalue weighted by Gasteiger charge is -2.07. The van der Waals surface area contributed by atoms with Crippen molar-refractivity contribution < 1.29 is 0 Å². The van der Waals surface area contributed by atoms with Crippen molar-refractivity contribution in [3.05, 3.63) is 82.9 Å². The minimum absolute atomic E-state index is 0.572. The predicted molar refractivity (Wildman–Crippen MR) is 107 cm³/mol. The molecule has 3 aromatic rings. The molecule has 0 bridgehead atoms. The lowest BCUT2D eigenvalue weighted by Crippen LogP contribution is -1.87. The molecular formula is C24H26. The van der Waals surface area contributed by atoms with Crippen LogP contribution >= 0.6 is 0 Å². The van der Waals surface area contributed by atoms with Gasteiger partial charge in [-0.25, -0.2) is 0 Å². The smallest absolute Gasteiger partial charge is 0.0178 e. The van der Waals surface area contributed by atoms with Crippen molar-refractivity contribution in [1.82, 2.24) is 0 Å². The molecule has 0 saturated carbocycles. The molecule has 3 rings (SSSR count). The van der Waals surface area contributed by atoms with E-state index in [0.717, 1.165) is 0 Å². The van der Waals surface area contributed by atoms with Crippen molar-refractivity contribution in [1.29, 1.82) is 0 Å². The van der Waals surface area contributed by atoms with Crippen LogP contribution in [-0.2, 0) is 0 Å². The SMILES string of the molecule is CC(C)c1ccc(C=Cc2ccc3cc(C(C)C)ccc3c2)cc1. The van der Waals surface area contributed by atoms with Crippen LogP contribution in [0.15, 0.2) is 60.7 Å². The Morgan fingerprint density at radius 3 is 1.71 bits per heavy atom.